The average Bonchev–Trinajstić information content (AvgIpc) is 1.86. The second-order valence-electron chi connectivity index (χ2n) is 3.72. The van der Waals surface area contributed by atoms with Gasteiger partial charge in [-0.3, -0.25) is 0 Å². The third-order valence-corrected chi connectivity index (χ3v) is 1.95. The maximum atomic E-state index is 10.3. The van der Waals surface area contributed by atoms with E-state index in [1.165, 1.54) is 0 Å². The number of carbonyl (C=O) groups is 1. The van der Waals surface area contributed by atoms with Crippen molar-refractivity contribution in [2.24, 2.45) is 0 Å². The lowest BCUT2D eigenvalue weighted by Crippen LogP contribution is -2.51. The minimum atomic E-state index is -0.833. The van der Waals surface area contributed by atoms with Gasteiger partial charge in [0.1, 0.15) is 6.04 Å². The molecule has 0 aromatic rings. The molecule has 0 heterocycles. The molecule has 3 nitrogen and oxygen atoms in total. The number of aliphatic hydroxyl groups is 1. The summed E-state index contributed by atoms with van der Waals surface area (Å²) in [5.41, 5.74) is 0. The SMILES string of the molecule is CCC(C(O)C=O)[N+](C)(C)C. The number of nitrogens with zero attached hydrogens (tertiary/aromatic N) is 1. The largest absolute Gasteiger partial charge is 0.380 e. The zero-order chi connectivity index (χ0) is 9.07. The number of hydrogen-bond donors (Lipinski definition) is 1. The van der Waals surface area contributed by atoms with Crippen LogP contribution in [0.15, 0.2) is 0 Å². The first-order valence-electron chi connectivity index (χ1n) is 3.88. The first-order valence-corrected chi connectivity index (χ1v) is 3.88. The number of rotatable bonds is 4. The van der Waals surface area contributed by atoms with Crippen molar-refractivity contribution in [3.8, 4) is 0 Å². The van der Waals surface area contributed by atoms with Crippen LogP contribution in [0.2, 0.25) is 0 Å². The molecule has 0 aliphatic rings. The van der Waals surface area contributed by atoms with Gasteiger partial charge in [-0.05, 0) is 6.42 Å². The Morgan fingerprint density at radius 1 is 1.45 bits per heavy atom. The molecule has 0 radical (unpaired) electrons. The fraction of sp³-hybridized carbons (Fsp3) is 0.875. The van der Waals surface area contributed by atoms with Crippen molar-refractivity contribution in [1.29, 1.82) is 0 Å². The Hall–Kier alpha value is -0.410. The highest BCUT2D eigenvalue weighted by Gasteiger charge is 2.28. The Morgan fingerprint density at radius 3 is 2.00 bits per heavy atom. The smallest absolute Gasteiger partial charge is 0.161 e. The second-order valence-corrected chi connectivity index (χ2v) is 3.72. The summed E-state index contributed by atoms with van der Waals surface area (Å²) in [4.78, 5) is 10.3. The molecule has 0 aromatic heterocycles. The Morgan fingerprint density at radius 2 is 1.91 bits per heavy atom. The van der Waals surface area contributed by atoms with Crippen molar-refractivity contribution in [3.63, 3.8) is 0 Å². The summed E-state index contributed by atoms with van der Waals surface area (Å²) in [6, 6.07) is 0.00694. The first-order chi connectivity index (χ1) is 4.93. The van der Waals surface area contributed by atoms with Gasteiger partial charge in [0.2, 0.25) is 0 Å². The van der Waals surface area contributed by atoms with E-state index in [2.05, 4.69) is 0 Å². The van der Waals surface area contributed by atoms with E-state index < -0.39 is 6.10 Å². The third-order valence-electron chi connectivity index (χ3n) is 1.95. The molecular formula is C8H18NO2+. The van der Waals surface area contributed by atoms with Crippen LogP contribution in [0.4, 0.5) is 0 Å². The Kier molecular flexibility index (Phi) is 3.69. The molecule has 0 aliphatic heterocycles. The van der Waals surface area contributed by atoms with Gasteiger partial charge in [0.15, 0.2) is 12.4 Å². The lowest BCUT2D eigenvalue weighted by molar-refractivity contribution is -0.898. The van der Waals surface area contributed by atoms with Crippen LogP contribution in [0.5, 0.6) is 0 Å². The Bertz CT molecular complexity index is 129. The molecule has 0 bridgehead atoms. The first kappa shape index (κ1) is 10.6. The number of quaternary nitrogens is 1. The number of likely N-dealkylation sites (N-methyl/N-ethyl adjacent to an activating group) is 1. The molecule has 11 heavy (non-hydrogen) atoms. The van der Waals surface area contributed by atoms with Crippen LogP contribution in [0.1, 0.15) is 13.3 Å². The molecule has 1 N–H and O–H groups in total. The van der Waals surface area contributed by atoms with Gasteiger partial charge in [0.05, 0.1) is 21.1 Å². The summed E-state index contributed by atoms with van der Waals surface area (Å²) in [6.45, 7) is 1.97. The number of carbonyl (C=O) groups excluding carboxylic acids is 1. The summed E-state index contributed by atoms with van der Waals surface area (Å²) in [5, 5.41) is 9.27. The molecule has 0 rings (SSSR count). The van der Waals surface area contributed by atoms with Crippen molar-refractivity contribution < 1.29 is 14.4 Å². The van der Waals surface area contributed by atoms with Crippen molar-refractivity contribution in [2.75, 3.05) is 21.1 Å². The van der Waals surface area contributed by atoms with Crippen LogP contribution >= 0.6 is 0 Å². The van der Waals surface area contributed by atoms with Crippen LogP contribution in [-0.4, -0.2) is 49.2 Å². The maximum absolute atomic E-state index is 10.3. The van der Waals surface area contributed by atoms with Gasteiger partial charge in [-0.1, -0.05) is 6.92 Å². The summed E-state index contributed by atoms with van der Waals surface area (Å²) in [6.07, 6.45) is 0.584. The van der Waals surface area contributed by atoms with Crippen molar-refractivity contribution in [2.45, 2.75) is 25.5 Å². The van der Waals surface area contributed by atoms with E-state index in [1.807, 2.05) is 28.1 Å². The summed E-state index contributed by atoms with van der Waals surface area (Å²) < 4.78 is 0.621. The van der Waals surface area contributed by atoms with E-state index >= 15 is 0 Å². The van der Waals surface area contributed by atoms with Gasteiger partial charge in [0.25, 0.3) is 0 Å². The number of hydrogen-bond acceptors (Lipinski definition) is 2. The normalized spacial score (nSPS) is 17.5. The zero-order valence-electron chi connectivity index (χ0n) is 7.74. The van der Waals surface area contributed by atoms with Gasteiger partial charge in [0, 0.05) is 0 Å². The lowest BCUT2D eigenvalue weighted by atomic mass is 10.1. The molecule has 0 saturated heterocycles. The molecule has 66 valence electrons. The van der Waals surface area contributed by atoms with Gasteiger partial charge in [-0.15, -0.1) is 0 Å². The molecule has 3 heteroatoms. The van der Waals surface area contributed by atoms with Gasteiger partial charge < -0.3 is 14.4 Å². The summed E-state index contributed by atoms with van der Waals surface area (Å²) >= 11 is 0. The van der Waals surface area contributed by atoms with Crippen molar-refractivity contribution in [1.82, 2.24) is 0 Å². The second kappa shape index (κ2) is 3.83. The fourth-order valence-electron chi connectivity index (χ4n) is 1.34. The van der Waals surface area contributed by atoms with E-state index in [1.54, 1.807) is 0 Å². The molecule has 0 amide bonds. The van der Waals surface area contributed by atoms with Crippen molar-refractivity contribution >= 4 is 6.29 Å². The molecule has 2 atom stereocenters. The zero-order valence-corrected chi connectivity index (χ0v) is 7.74. The Balaban J connectivity index is 4.27. The Labute approximate surface area is 68.2 Å². The van der Waals surface area contributed by atoms with E-state index in [0.29, 0.717) is 10.8 Å². The molecule has 0 aliphatic carbocycles. The third kappa shape index (κ3) is 2.99. The molecule has 0 spiro atoms. The molecule has 0 fully saturated rings. The van der Waals surface area contributed by atoms with Crippen LogP contribution in [0.3, 0.4) is 0 Å². The predicted molar refractivity (Wildman–Crippen MR) is 44.2 cm³/mol. The summed E-state index contributed by atoms with van der Waals surface area (Å²) in [7, 11) is 5.92. The standard InChI is InChI=1S/C8H18NO2/c1-5-7(8(11)6-10)9(2,3)4/h6-8,11H,5H2,1-4H3/q+1. The number of aliphatic hydroxyl groups excluding tert-OH is 1. The minimum absolute atomic E-state index is 0.00694. The van der Waals surface area contributed by atoms with Gasteiger partial charge in [-0.2, -0.15) is 0 Å². The van der Waals surface area contributed by atoms with Crippen molar-refractivity contribution in [3.05, 3.63) is 0 Å². The maximum Gasteiger partial charge on any atom is 0.161 e. The highest BCUT2D eigenvalue weighted by Crippen LogP contribution is 2.10. The molecular weight excluding hydrogens is 142 g/mol. The van der Waals surface area contributed by atoms with Crippen LogP contribution in [0, 0.1) is 0 Å². The topological polar surface area (TPSA) is 37.3 Å². The molecule has 2 unspecified atom stereocenters. The fourth-order valence-corrected chi connectivity index (χ4v) is 1.34. The predicted octanol–water partition coefficient (Wildman–Crippen LogP) is 0.0310. The number of aldehydes is 1. The van der Waals surface area contributed by atoms with Crippen LogP contribution < -0.4 is 0 Å². The lowest BCUT2D eigenvalue weighted by Gasteiger charge is -2.34. The van der Waals surface area contributed by atoms with E-state index in [9.17, 15) is 9.90 Å². The van der Waals surface area contributed by atoms with Gasteiger partial charge >= 0.3 is 0 Å². The van der Waals surface area contributed by atoms with E-state index in [0.717, 1.165) is 6.42 Å². The monoisotopic (exact) mass is 160 g/mol. The van der Waals surface area contributed by atoms with Crippen LogP contribution in [-0.2, 0) is 4.79 Å². The molecule has 0 aromatic carbocycles. The van der Waals surface area contributed by atoms with E-state index in [4.69, 9.17) is 0 Å². The van der Waals surface area contributed by atoms with Gasteiger partial charge in [-0.25, -0.2) is 0 Å². The average molecular weight is 160 g/mol. The highest BCUT2D eigenvalue weighted by molar-refractivity contribution is 5.56. The van der Waals surface area contributed by atoms with Crippen LogP contribution in [0.25, 0.3) is 0 Å². The summed E-state index contributed by atoms with van der Waals surface area (Å²) in [5.74, 6) is 0. The highest BCUT2D eigenvalue weighted by atomic mass is 16.3. The quantitative estimate of drug-likeness (QED) is 0.465. The van der Waals surface area contributed by atoms with E-state index in [-0.39, 0.29) is 6.04 Å². The minimum Gasteiger partial charge on any atom is -0.380 e. The molecule has 0 saturated carbocycles.